The van der Waals surface area contributed by atoms with E-state index >= 15 is 0 Å². The lowest BCUT2D eigenvalue weighted by molar-refractivity contribution is -0.137. The predicted octanol–water partition coefficient (Wildman–Crippen LogP) is 5.16. The molecular weight excluding hydrogens is 509 g/mol. The fraction of sp³-hybridized carbons (Fsp3) is 0.310. The number of hydrogen-bond donors (Lipinski definition) is 3. The number of urea groups is 1. The number of aliphatic hydroxyl groups is 1. The summed E-state index contributed by atoms with van der Waals surface area (Å²) in [5, 5.41) is 15.2. The molecule has 4 rings (SSSR count). The van der Waals surface area contributed by atoms with E-state index in [2.05, 4.69) is 15.5 Å². The quantitative estimate of drug-likeness (QED) is 0.369. The summed E-state index contributed by atoms with van der Waals surface area (Å²) in [5.74, 6) is -0.152. The Morgan fingerprint density at radius 2 is 1.67 bits per heavy atom. The highest BCUT2D eigenvalue weighted by Crippen LogP contribution is 2.30. The molecule has 1 aliphatic heterocycles. The number of benzene rings is 3. The standard InChI is InChI=1S/C29H31F3N4O3/c1-35(26(20-7-3-2-4-8-20)19-36-16-15-24(37)18-36)27(38)17-21-9-5-6-10-25(21)34-28(39)33-23-13-11-22(12-14-23)29(30,31)32/h2-14,24,26,37H,15-19H2,1H3,(H2,33,34,39)/t24-,26+/m0/s1. The molecule has 3 aromatic rings. The molecule has 0 aliphatic carbocycles. The van der Waals surface area contributed by atoms with Gasteiger partial charge in [0, 0.05) is 38.1 Å². The fourth-order valence-electron chi connectivity index (χ4n) is 4.63. The summed E-state index contributed by atoms with van der Waals surface area (Å²) in [7, 11) is 1.75. The Balaban J connectivity index is 1.43. The van der Waals surface area contributed by atoms with Gasteiger partial charge in [0.25, 0.3) is 0 Å². The van der Waals surface area contributed by atoms with Crippen LogP contribution in [0.15, 0.2) is 78.9 Å². The van der Waals surface area contributed by atoms with Gasteiger partial charge < -0.3 is 20.6 Å². The molecule has 0 aromatic heterocycles. The van der Waals surface area contributed by atoms with E-state index in [9.17, 15) is 27.9 Å². The fourth-order valence-corrected chi connectivity index (χ4v) is 4.63. The molecule has 3 N–H and O–H groups in total. The zero-order valence-corrected chi connectivity index (χ0v) is 21.5. The lowest BCUT2D eigenvalue weighted by Crippen LogP contribution is -2.39. The molecule has 1 fully saturated rings. The SMILES string of the molecule is CN(C(=O)Cc1ccccc1NC(=O)Nc1ccc(C(F)(F)F)cc1)[C@H](CN1CC[C@H](O)C1)c1ccccc1. The van der Waals surface area contributed by atoms with Crippen molar-refractivity contribution < 1.29 is 27.9 Å². The predicted molar refractivity (Wildman–Crippen MR) is 143 cm³/mol. The van der Waals surface area contributed by atoms with Crippen molar-refractivity contribution in [2.24, 2.45) is 0 Å². The van der Waals surface area contributed by atoms with Crippen molar-refractivity contribution in [2.45, 2.75) is 31.2 Å². The van der Waals surface area contributed by atoms with E-state index in [0.29, 0.717) is 30.8 Å². The first-order valence-corrected chi connectivity index (χ1v) is 12.6. The van der Waals surface area contributed by atoms with Gasteiger partial charge in [-0.25, -0.2) is 4.79 Å². The van der Waals surface area contributed by atoms with Crippen molar-refractivity contribution in [3.63, 3.8) is 0 Å². The number of para-hydroxylation sites is 1. The third-order valence-corrected chi connectivity index (χ3v) is 6.80. The maximum Gasteiger partial charge on any atom is 0.416 e. The first-order valence-electron chi connectivity index (χ1n) is 12.6. The Hall–Kier alpha value is -3.89. The highest BCUT2D eigenvalue weighted by atomic mass is 19.4. The van der Waals surface area contributed by atoms with Crippen LogP contribution in [0.1, 0.15) is 29.2 Å². The number of anilines is 2. The van der Waals surface area contributed by atoms with Crippen molar-refractivity contribution in [1.29, 1.82) is 0 Å². The second-order valence-electron chi connectivity index (χ2n) is 9.62. The summed E-state index contributed by atoms with van der Waals surface area (Å²) in [5.41, 5.74) is 1.39. The Morgan fingerprint density at radius 3 is 2.31 bits per heavy atom. The molecule has 0 saturated carbocycles. The van der Waals surface area contributed by atoms with E-state index in [1.54, 1.807) is 36.2 Å². The van der Waals surface area contributed by atoms with Gasteiger partial charge in [0.2, 0.25) is 5.91 Å². The van der Waals surface area contributed by atoms with E-state index in [1.807, 2.05) is 30.3 Å². The molecule has 0 bridgehead atoms. The number of aliphatic hydroxyl groups excluding tert-OH is 1. The molecular formula is C29H31F3N4O3. The number of likely N-dealkylation sites (tertiary alicyclic amines) is 1. The molecule has 0 spiro atoms. The monoisotopic (exact) mass is 540 g/mol. The smallest absolute Gasteiger partial charge is 0.392 e. The minimum absolute atomic E-state index is 0.0270. The van der Waals surface area contributed by atoms with E-state index in [1.165, 1.54) is 12.1 Å². The molecule has 10 heteroatoms. The van der Waals surface area contributed by atoms with Crippen LogP contribution in [-0.2, 0) is 17.4 Å². The van der Waals surface area contributed by atoms with E-state index in [-0.39, 0.29) is 30.2 Å². The molecule has 7 nitrogen and oxygen atoms in total. The number of nitrogens with zero attached hydrogens (tertiary/aromatic N) is 2. The van der Waals surface area contributed by atoms with Gasteiger partial charge in [-0.2, -0.15) is 13.2 Å². The van der Waals surface area contributed by atoms with Crippen LogP contribution < -0.4 is 10.6 Å². The number of alkyl halides is 3. The minimum Gasteiger partial charge on any atom is -0.392 e. The van der Waals surface area contributed by atoms with Gasteiger partial charge in [-0.05, 0) is 47.9 Å². The molecule has 206 valence electrons. The molecule has 1 heterocycles. The van der Waals surface area contributed by atoms with Gasteiger partial charge in [-0.1, -0.05) is 48.5 Å². The van der Waals surface area contributed by atoms with E-state index in [0.717, 1.165) is 24.2 Å². The van der Waals surface area contributed by atoms with Crippen LogP contribution in [-0.4, -0.2) is 59.6 Å². The van der Waals surface area contributed by atoms with Crippen molar-refractivity contribution in [2.75, 3.05) is 37.3 Å². The highest BCUT2D eigenvalue weighted by Gasteiger charge is 2.30. The highest BCUT2D eigenvalue weighted by molar-refractivity contribution is 6.00. The number of halogens is 3. The molecule has 3 aromatic carbocycles. The summed E-state index contributed by atoms with van der Waals surface area (Å²) in [4.78, 5) is 29.9. The van der Waals surface area contributed by atoms with Crippen molar-refractivity contribution in [1.82, 2.24) is 9.80 Å². The summed E-state index contributed by atoms with van der Waals surface area (Å²) >= 11 is 0. The lowest BCUT2D eigenvalue weighted by atomic mass is 10.0. The third kappa shape index (κ3) is 7.58. The van der Waals surface area contributed by atoms with Gasteiger partial charge in [0.1, 0.15) is 0 Å². The molecule has 3 amide bonds. The normalized spacial score (nSPS) is 16.5. The second kappa shape index (κ2) is 12.3. The number of carbonyl (C=O) groups is 2. The Morgan fingerprint density at radius 1 is 1.00 bits per heavy atom. The van der Waals surface area contributed by atoms with Gasteiger partial charge in [0.15, 0.2) is 0 Å². The number of carbonyl (C=O) groups excluding carboxylic acids is 2. The van der Waals surface area contributed by atoms with E-state index in [4.69, 9.17) is 0 Å². The zero-order chi connectivity index (χ0) is 28.0. The topological polar surface area (TPSA) is 84.9 Å². The summed E-state index contributed by atoms with van der Waals surface area (Å²) < 4.78 is 38.4. The van der Waals surface area contributed by atoms with Crippen LogP contribution in [0.4, 0.5) is 29.3 Å². The average molecular weight is 541 g/mol. The lowest BCUT2D eigenvalue weighted by Gasteiger charge is -2.32. The maximum absolute atomic E-state index is 13.4. The molecule has 0 radical (unpaired) electrons. The molecule has 2 atom stereocenters. The first kappa shape index (κ1) is 28.1. The van der Waals surface area contributed by atoms with E-state index < -0.39 is 17.8 Å². The van der Waals surface area contributed by atoms with Crippen LogP contribution >= 0.6 is 0 Å². The van der Waals surface area contributed by atoms with Crippen molar-refractivity contribution in [3.8, 4) is 0 Å². The van der Waals surface area contributed by atoms with Crippen molar-refractivity contribution >= 4 is 23.3 Å². The third-order valence-electron chi connectivity index (χ3n) is 6.80. The second-order valence-corrected chi connectivity index (χ2v) is 9.62. The average Bonchev–Trinajstić information content (AvgIpc) is 3.32. The Labute approximate surface area is 225 Å². The summed E-state index contributed by atoms with van der Waals surface area (Å²) in [6.07, 6.45) is -4.10. The van der Waals surface area contributed by atoms with Crippen LogP contribution in [0.3, 0.4) is 0 Å². The van der Waals surface area contributed by atoms with Crippen molar-refractivity contribution in [3.05, 3.63) is 95.6 Å². The number of hydrogen-bond acceptors (Lipinski definition) is 4. The minimum atomic E-state index is -4.46. The maximum atomic E-state index is 13.4. The van der Waals surface area contributed by atoms with Gasteiger partial charge in [-0.15, -0.1) is 0 Å². The largest absolute Gasteiger partial charge is 0.416 e. The van der Waals surface area contributed by atoms with Crippen LogP contribution in [0, 0.1) is 0 Å². The Bertz CT molecular complexity index is 1270. The number of β-amino-alcohol motifs (C(OH)–C–C–N with tert-alkyl or cyclic N) is 1. The molecule has 1 saturated heterocycles. The Kier molecular flexibility index (Phi) is 8.88. The van der Waals surface area contributed by atoms with Crippen LogP contribution in [0.2, 0.25) is 0 Å². The van der Waals surface area contributed by atoms with Gasteiger partial charge in [-0.3, -0.25) is 9.69 Å². The summed E-state index contributed by atoms with van der Waals surface area (Å²) in [6, 6.07) is 19.9. The molecule has 39 heavy (non-hydrogen) atoms. The van der Waals surface area contributed by atoms with Crippen LogP contribution in [0.25, 0.3) is 0 Å². The number of amides is 3. The zero-order valence-electron chi connectivity index (χ0n) is 21.5. The molecule has 0 unspecified atom stereocenters. The first-order chi connectivity index (χ1) is 18.6. The van der Waals surface area contributed by atoms with Gasteiger partial charge >= 0.3 is 12.2 Å². The number of nitrogens with one attached hydrogen (secondary N) is 2. The van der Waals surface area contributed by atoms with Crippen LogP contribution in [0.5, 0.6) is 0 Å². The number of likely N-dealkylation sites (N-methyl/N-ethyl adjacent to an activating group) is 1. The number of rotatable bonds is 8. The molecule has 1 aliphatic rings. The van der Waals surface area contributed by atoms with Gasteiger partial charge in [0.05, 0.1) is 24.1 Å². The summed E-state index contributed by atoms with van der Waals surface area (Å²) in [6.45, 7) is 1.90.